The molecule has 1 unspecified atom stereocenters. The molecule has 0 saturated carbocycles. The molecule has 0 aliphatic rings. The maximum Gasteiger partial charge on any atom is 0.0931 e. The Morgan fingerprint density at radius 2 is 1.60 bits per heavy atom. The molecule has 0 amide bonds. The fourth-order valence-corrected chi connectivity index (χ4v) is 3.76. The van der Waals surface area contributed by atoms with E-state index >= 15 is 0 Å². The Kier molecular flexibility index (Phi) is 5.17. The smallest absolute Gasteiger partial charge is 0.0931 e. The van der Waals surface area contributed by atoms with E-state index in [4.69, 9.17) is 23.2 Å². The highest BCUT2D eigenvalue weighted by Gasteiger charge is 2.19. The van der Waals surface area contributed by atoms with Gasteiger partial charge in [0.05, 0.1) is 9.71 Å². The van der Waals surface area contributed by atoms with E-state index in [0.29, 0.717) is 11.8 Å². The minimum absolute atomic E-state index is 0.119. The number of hydrogen-bond acceptors (Lipinski definition) is 1. The van der Waals surface area contributed by atoms with E-state index in [9.17, 15) is 0 Å². The van der Waals surface area contributed by atoms with Gasteiger partial charge in [0, 0.05) is 4.88 Å². The molecular formula is C17H20Cl2S. The van der Waals surface area contributed by atoms with E-state index in [1.807, 2.05) is 12.1 Å². The van der Waals surface area contributed by atoms with E-state index in [-0.39, 0.29) is 5.38 Å². The maximum absolute atomic E-state index is 6.68. The Morgan fingerprint density at radius 3 is 2.10 bits per heavy atom. The molecule has 108 valence electrons. The van der Waals surface area contributed by atoms with Gasteiger partial charge in [0.15, 0.2) is 0 Å². The molecule has 1 atom stereocenters. The van der Waals surface area contributed by atoms with Crippen LogP contribution in [0.15, 0.2) is 30.3 Å². The maximum atomic E-state index is 6.68. The number of rotatable bonds is 4. The third kappa shape index (κ3) is 3.39. The second-order valence-corrected chi connectivity index (χ2v) is 7.89. The highest BCUT2D eigenvalue weighted by atomic mass is 35.5. The minimum Gasteiger partial charge on any atom is -0.127 e. The zero-order valence-corrected chi connectivity index (χ0v) is 14.6. The molecule has 0 aliphatic heterocycles. The summed E-state index contributed by atoms with van der Waals surface area (Å²) in [6.07, 6.45) is 0. The van der Waals surface area contributed by atoms with Crippen molar-refractivity contribution in [1.29, 1.82) is 0 Å². The molecule has 1 heterocycles. The fourth-order valence-electron chi connectivity index (χ4n) is 2.30. The number of hydrogen-bond donors (Lipinski definition) is 0. The largest absolute Gasteiger partial charge is 0.127 e. The number of benzene rings is 1. The van der Waals surface area contributed by atoms with Gasteiger partial charge >= 0.3 is 0 Å². The van der Waals surface area contributed by atoms with Crippen LogP contribution in [0.1, 0.15) is 66.5 Å². The molecule has 0 radical (unpaired) electrons. The van der Waals surface area contributed by atoms with E-state index in [1.54, 1.807) is 11.3 Å². The molecule has 0 aliphatic carbocycles. The van der Waals surface area contributed by atoms with Crippen LogP contribution in [-0.2, 0) is 0 Å². The minimum atomic E-state index is -0.119. The molecule has 1 aromatic carbocycles. The predicted molar refractivity (Wildman–Crippen MR) is 91.6 cm³/mol. The summed E-state index contributed by atoms with van der Waals surface area (Å²) < 4.78 is 0.788. The summed E-state index contributed by atoms with van der Waals surface area (Å²) in [6, 6.07) is 10.6. The van der Waals surface area contributed by atoms with Gasteiger partial charge < -0.3 is 0 Å². The summed E-state index contributed by atoms with van der Waals surface area (Å²) in [5.41, 5.74) is 3.90. The lowest BCUT2D eigenvalue weighted by atomic mass is 9.90. The highest BCUT2D eigenvalue weighted by molar-refractivity contribution is 7.16. The second kappa shape index (κ2) is 6.51. The monoisotopic (exact) mass is 326 g/mol. The van der Waals surface area contributed by atoms with Crippen LogP contribution in [0.25, 0.3) is 0 Å². The van der Waals surface area contributed by atoms with Crippen LogP contribution in [0.3, 0.4) is 0 Å². The van der Waals surface area contributed by atoms with Crippen LogP contribution < -0.4 is 0 Å². The first kappa shape index (κ1) is 15.9. The zero-order chi connectivity index (χ0) is 14.9. The summed E-state index contributed by atoms with van der Waals surface area (Å²) in [5, 5.41) is -0.119. The lowest BCUT2D eigenvalue weighted by Crippen LogP contribution is -2.02. The fraction of sp³-hybridized carbons (Fsp3) is 0.412. The van der Waals surface area contributed by atoms with Crippen molar-refractivity contribution in [3.8, 4) is 0 Å². The van der Waals surface area contributed by atoms with Crippen molar-refractivity contribution in [2.75, 3.05) is 0 Å². The van der Waals surface area contributed by atoms with Crippen molar-refractivity contribution in [2.24, 2.45) is 0 Å². The molecule has 3 heteroatoms. The SMILES string of the molecule is CC(C)c1ccc(C(Cl)c2ccc(Cl)s2)c(C(C)C)c1. The lowest BCUT2D eigenvalue weighted by Gasteiger charge is -2.19. The first-order chi connectivity index (χ1) is 9.40. The summed E-state index contributed by atoms with van der Waals surface area (Å²) >= 11 is 14.3. The first-order valence-electron chi connectivity index (χ1n) is 6.93. The van der Waals surface area contributed by atoms with Crippen LogP contribution in [0, 0.1) is 0 Å². The Hall–Kier alpha value is -0.500. The van der Waals surface area contributed by atoms with Gasteiger partial charge in [-0.2, -0.15) is 0 Å². The van der Waals surface area contributed by atoms with Gasteiger partial charge in [-0.05, 0) is 40.7 Å². The Morgan fingerprint density at radius 1 is 0.900 bits per heavy atom. The molecule has 2 aromatic rings. The zero-order valence-electron chi connectivity index (χ0n) is 12.3. The highest BCUT2D eigenvalue weighted by Crippen LogP contribution is 2.39. The van der Waals surface area contributed by atoms with Crippen LogP contribution in [0.5, 0.6) is 0 Å². The average Bonchev–Trinajstić information content (AvgIpc) is 2.83. The molecular weight excluding hydrogens is 307 g/mol. The van der Waals surface area contributed by atoms with E-state index in [0.717, 1.165) is 9.21 Å². The number of thiophene rings is 1. The second-order valence-electron chi connectivity index (χ2n) is 5.70. The van der Waals surface area contributed by atoms with Crippen molar-refractivity contribution in [3.63, 3.8) is 0 Å². The topological polar surface area (TPSA) is 0 Å². The van der Waals surface area contributed by atoms with Crippen molar-refractivity contribution in [3.05, 3.63) is 56.2 Å². The first-order valence-corrected chi connectivity index (χ1v) is 8.56. The molecule has 0 fully saturated rings. The molecule has 0 bridgehead atoms. The van der Waals surface area contributed by atoms with Crippen molar-refractivity contribution < 1.29 is 0 Å². The van der Waals surface area contributed by atoms with Crippen LogP contribution in [0.4, 0.5) is 0 Å². The van der Waals surface area contributed by atoms with E-state index in [2.05, 4.69) is 45.9 Å². The van der Waals surface area contributed by atoms with Crippen molar-refractivity contribution >= 4 is 34.5 Å². The van der Waals surface area contributed by atoms with Crippen LogP contribution in [0.2, 0.25) is 4.34 Å². The van der Waals surface area contributed by atoms with Gasteiger partial charge in [-0.15, -0.1) is 22.9 Å². The van der Waals surface area contributed by atoms with Gasteiger partial charge in [-0.3, -0.25) is 0 Å². The third-order valence-corrected chi connectivity index (χ3v) is 5.41. The standard InChI is InChI=1S/C17H20Cl2S/c1-10(2)12-5-6-13(14(9-12)11(3)4)17(19)15-7-8-16(18)20-15/h5-11,17H,1-4H3. The van der Waals surface area contributed by atoms with Gasteiger partial charge in [0.25, 0.3) is 0 Å². The van der Waals surface area contributed by atoms with Crippen molar-refractivity contribution in [1.82, 2.24) is 0 Å². The van der Waals surface area contributed by atoms with E-state index < -0.39 is 0 Å². The van der Waals surface area contributed by atoms with Gasteiger partial charge in [0.2, 0.25) is 0 Å². The molecule has 0 spiro atoms. The number of halogens is 2. The van der Waals surface area contributed by atoms with E-state index in [1.165, 1.54) is 16.7 Å². The Balaban J connectivity index is 2.45. The molecule has 1 aromatic heterocycles. The molecule has 0 nitrogen and oxygen atoms in total. The molecule has 20 heavy (non-hydrogen) atoms. The quantitative estimate of drug-likeness (QED) is 0.532. The summed E-state index contributed by atoms with van der Waals surface area (Å²) in [7, 11) is 0. The summed E-state index contributed by atoms with van der Waals surface area (Å²) in [5.74, 6) is 0.992. The Bertz CT molecular complexity index is 584. The predicted octanol–water partition coefficient (Wildman–Crippen LogP) is 6.98. The molecule has 0 saturated heterocycles. The van der Waals surface area contributed by atoms with Gasteiger partial charge in [-0.1, -0.05) is 57.5 Å². The van der Waals surface area contributed by atoms with Gasteiger partial charge in [-0.25, -0.2) is 0 Å². The summed E-state index contributed by atoms with van der Waals surface area (Å²) in [4.78, 5) is 1.11. The molecule has 0 N–H and O–H groups in total. The Labute approximate surface area is 135 Å². The average molecular weight is 327 g/mol. The van der Waals surface area contributed by atoms with Gasteiger partial charge in [0.1, 0.15) is 0 Å². The molecule has 2 rings (SSSR count). The lowest BCUT2D eigenvalue weighted by molar-refractivity contribution is 0.819. The van der Waals surface area contributed by atoms with Crippen molar-refractivity contribution in [2.45, 2.75) is 44.9 Å². The summed E-state index contributed by atoms with van der Waals surface area (Å²) in [6.45, 7) is 8.87. The third-order valence-electron chi connectivity index (χ3n) is 3.52. The van der Waals surface area contributed by atoms with Crippen LogP contribution in [-0.4, -0.2) is 0 Å². The number of alkyl halides is 1. The normalized spacial score (nSPS) is 13.2. The van der Waals surface area contributed by atoms with Crippen LogP contribution >= 0.6 is 34.5 Å².